The Morgan fingerprint density at radius 2 is 1.94 bits per heavy atom. The van der Waals surface area contributed by atoms with Gasteiger partial charge in [-0.3, -0.25) is 0 Å². The van der Waals surface area contributed by atoms with Crippen LogP contribution in [0.2, 0.25) is 0 Å². The highest BCUT2D eigenvalue weighted by molar-refractivity contribution is 5.75. The molecular formula is C15H13FN2. The predicted octanol–water partition coefficient (Wildman–Crippen LogP) is 3.53. The monoisotopic (exact) mass is 240 g/mol. The first kappa shape index (κ1) is 11.0. The van der Waals surface area contributed by atoms with Crippen LogP contribution in [0.4, 0.5) is 4.39 Å². The van der Waals surface area contributed by atoms with Crippen molar-refractivity contribution in [1.82, 2.24) is 9.55 Å². The number of fused-ring (bicyclic) bond motifs is 1. The highest BCUT2D eigenvalue weighted by atomic mass is 19.1. The lowest BCUT2D eigenvalue weighted by molar-refractivity contribution is 0.623. The average Bonchev–Trinajstić information content (AvgIpc) is 2.66. The number of benzene rings is 2. The lowest BCUT2D eigenvalue weighted by atomic mass is 10.2. The fourth-order valence-electron chi connectivity index (χ4n) is 2.21. The molecule has 0 aliphatic heterocycles. The summed E-state index contributed by atoms with van der Waals surface area (Å²) in [6, 6.07) is 14.7. The summed E-state index contributed by atoms with van der Waals surface area (Å²) in [6.45, 7) is 2.61. The predicted molar refractivity (Wildman–Crippen MR) is 70.0 cm³/mol. The van der Waals surface area contributed by atoms with Gasteiger partial charge in [0.15, 0.2) is 0 Å². The van der Waals surface area contributed by atoms with Crippen LogP contribution < -0.4 is 0 Å². The third kappa shape index (κ3) is 1.88. The topological polar surface area (TPSA) is 17.8 Å². The van der Waals surface area contributed by atoms with Crippen LogP contribution in [0, 0.1) is 12.7 Å². The van der Waals surface area contributed by atoms with Gasteiger partial charge in [-0.1, -0.05) is 24.3 Å². The second kappa shape index (κ2) is 4.26. The van der Waals surface area contributed by atoms with E-state index in [1.807, 2.05) is 37.3 Å². The van der Waals surface area contributed by atoms with Crippen molar-refractivity contribution in [2.45, 2.75) is 13.5 Å². The highest BCUT2D eigenvalue weighted by Gasteiger charge is 2.07. The average molecular weight is 240 g/mol. The van der Waals surface area contributed by atoms with Gasteiger partial charge in [0.25, 0.3) is 0 Å². The van der Waals surface area contributed by atoms with E-state index in [0.717, 1.165) is 22.4 Å². The Morgan fingerprint density at radius 1 is 1.11 bits per heavy atom. The molecule has 3 rings (SSSR count). The van der Waals surface area contributed by atoms with Crippen LogP contribution in [-0.2, 0) is 6.54 Å². The summed E-state index contributed by atoms with van der Waals surface area (Å²) in [5, 5.41) is 0. The number of hydrogen-bond acceptors (Lipinski definition) is 1. The zero-order valence-electron chi connectivity index (χ0n) is 10.1. The minimum atomic E-state index is -0.199. The Kier molecular flexibility index (Phi) is 2.59. The Bertz CT molecular complexity index is 701. The van der Waals surface area contributed by atoms with E-state index < -0.39 is 0 Å². The van der Waals surface area contributed by atoms with Crippen molar-refractivity contribution in [3.63, 3.8) is 0 Å². The van der Waals surface area contributed by atoms with E-state index in [9.17, 15) is 4.39 Å². The number of para-hydroxylation sites is 2. The number of rotatable bonds is 2. The van der Waals surface area contributed by atoms with E-state index >= 15 is 0 Å². The van der Waals surface area contributed by atoms with Crippen molar-refractivity contribution in [3.8, 4) is 0 Å². The molecule has 0 saturated carbocycles. The third-order valence-corrected chi connectivity index (χ3v) is 3.08. The first-order chi connectivity index (χ1) is 8.74. The smallest absolute Gasteiger partial charge is 0.123 e. The number of imidazole rings is 1. The summed E-state index contributed by atoms with van der Waals surface area (Å²) >= 11 is 0. The van der Waals surface area contributed by atoms with Gasteiger partial charge in [-0.2, -0.15) is 0 Å². The van der Waals surface area contributed by atoms with Crippen LogP contribution in [0.1, 0.15) is 11.4 Å². The van der Waals surface area contributed by atoms with Gasteiger partial charge in [0.2, 0.25) is 0 Å². The molecule has 0 saturated heterocycles. The molecule has 0 amide bonds. The minimum Gasteiger partial charge on any atom is -0.324 e. The van der Waals surface area contributed by atoms with Gasteiger partial charge in [-0.05, 0) is 36.8 Å². The Labute approximate surface area is 105 Å². The molecule has 0 radical (unpaired) electrons. The van der Waals surface area contributed by atoms with Crippen LogP contribution in [-0.4, -0.2) is 9.55 Å². The number of halogens is 1. The van der Waals surface area contributed by atoms with E-state index in [4.69, 9.17) is 0 Å². The van der Waals surface area contributed by atoms with Crippen molar-refractivity contribution >= 4 is 11.0 Å². The molecule has 3 heteroatoms. The van der Waals surface area contributed by atoms with Gasteiger partial charge in [-0.15, -0.1) is 0 Å². The number of aryl methyl sites for hydroxylation is 1. The SMILES string of the molecule is Cc1nc2ccccc2n1Cc1cccc(F)c1. The normalized spacial score (nSPS) is 11.0. The second-order valence-corrected chi connectivity index (χ2v) is 4.36. The molecule has 2 nitrogen and oxygen atoms in total. The molecule has 0 atom stereocenters. The van der Waals surface area contributed by atoms with Gasteiger partial charge in [0.05, 0.1) is 11.0 Å². The molecule has 90 valence electrons. The zero-order valence-corrected chi connectivity index (χ0v) is 10.1. The molecule has 0 N–H and O–H groups in total. The standard InChI is InChI=1S/C15H13FN2/c1-11-17-14-7-2-3-8-15(14)18(11)10-12-5-4-6-13(16)9-12/h2-9H,10H2,1H3. The fourth-order valence-corrected chi connectivity index (χ4v) is 2.21. The molecular weight excluding hydrogens is 227 g/mol. The molecule has 0 bridgehead atoms. The number of hydrogen-bond donors (Lipinski definition) is 0. The van der Waals surface area contributed by atoms with Crippen molar-refractivity contribution in [2.75, 3.05) is 0 Å². The van der Waals surface area contributed by atoms with Crippen molar-refractivity contribution in [2.24, 2.45) is 0 Å². The summed E-state index contributed by atoms with van der Waals surface area (Å²) in [6.07, 6.45) is 0. The molecule has 1 heterocycles. The third-order valence-electron chi connectivity index (χ3n) is 3.08. The van der Waals surface area contributed by atoms with E-state index in [2.05, 4.69) is 9.55 Å². The summed E-state index contributed by atoms with van der Waals surface area (Å²) in [5.41, 5.74) is 3.01. The molecule has 0 fully saturated rings. The summed E-state index contributed by atoms with van der Waals surface area (Å²) in [7, 11) is 0. The highest BCUT2D eigenvalue weighted by Crippen LogP contribution is 2.17. The number of aromatic nitrogens is 2. The quantitative estimate of drug-likeness (QED) is 0.670. The van der Waals surface area contributed by atoms with E-state index in [-0.39, 0.29) is 5.82 Å². The van der Waals surface area contributed by atoms with Crippen LogP contribution in [0.25, 0.3) is 11.0 Å². The molecule has 1 aromatic heterocycles. The van der Waals surface area contributed by atoms with Gasteiger partial charge in [0.1, 0.15) is 11.6 Å². The maximum Gasteiger partial charge on any atom is 0.123 e. The van der Waals surface area contributed by atoms with Crippen LogP contribution in [0.15, 0.2) is 48.5 Å². The van der Waals surface area contributed by atoms with Gasteiger partial charge in [0, 0.05) is 6.54 Å². The second-order valence-electron chi connectivity index (χ2n) is 4.36. The molecule has 0 aliphatic rings. The molecule has 18 heavy (non-hydrogen) atoms. The maximum absolute atomic E-state index is 13.2. The first-order valence-electron chi connectivity index (χ1n) is 5.90. The van der Waals surface area contributed by atoms with E-state index in [1.54, 1.807) is 12.1 Å². The van der Waals surface area contributed by atoms with Crippen molar-refractivity contribution in [3.05, 3.63) is 65.7 Å². The zero-order chi connectivity index (χ0) is 12.5. The Balaban J connectivity index is 2.07. The molecule has 0 unspecified atom stereocenters. The summed E-state index contributed by atoms with van der Waals surface area (Å²) in [5.74, 6) is 0.745. The Morgan fingerprint density at radius 3 is 2.78 bits per heavy atom. The van der Waals surface area contributed by atoms with Crippen LogP contribution >= 0.6 is 0 Å². The van der Waals surface area contributed by atoms with Crippen LogP contribution in [0.3, 0.4) is 0 Å². The minimum absolute atomic E-state index is 0.199. The maximum atomic E-state index is 13.2. The largest absolute Gasteiger partial charge is 0.324 e. The first-order valence-corrected chi connectivity index (χ1v) is 5.90. The fraction of sp³-hybridized carbons (Fsp3) is 0.133. The van der Waals surface area contributed by atoms with Gasteiger partial charge >= 0.3 is 0 Å². The summed E-state index contributed by atoms with van der Waals surface area (Å²) < 4.78 is 15.3. The molecule has 3 aromatic rings. The van der Waals surface area contributed by atoms with Crippen molar-refractivity contribution < 1.29 is 4.39 Å². The van der Waals surface area contributed by atoms with E-state index in [1.165, 1.54) is 6.07 Å². The van der Waals surface area contributed by atoms with Crippen LogP contribution in [0.5, 0.6) is 0 Å². The molecule has 0 spiro atoms. The van der Waals surface area contributed by atoms with Crippen molar-refractivity contribution in [1.29, 1.82) is 0 Å². The molecule has 0 aliphatic carbocycles. The lowest BCUT2D eigenvalue weighted by Gasteiger charge is -2.07. The van der Waals surface area contributed by atoms with Gasteiger partial charge < -0.3 is 4.57 Å². The number of nitrogens with zero attached hydrogens (tertiary/aromatic N) is 2. The Hall–Kier alpha value is -2.16. The molecule has 2 aromatic carbocycles. The lowest BCUT2D eigenvalue weighted by Crippen LogP contribution is -2.02. The summed E-state index contributed by atoms with van der Waals surface area (Å²) in [4.78, 5) is 4.50. The van der Waals surface area contributed by atoms with Gasteiger partial charge in [-0.25, -0.2) is 9.37 Å². The van der Waals surface area contributed by atoms with E-state index in [0.29, 0.717) is 6.54 Å².